The molecule has 0 aliphatic carbocycles. The molecule has 0 atom stereocenters. The van der Waals surface area contributed by atoms with Crippen LogP contribution in [0.15, 0.2) is 127 Å². The van der Waals surface area contributed by atoms with Crippen LogP contribution in [0.25, 0.3) is 54.2 Å². The molecule has 0 nitrogen and oxygen atoms in total. The number of aryl methyl sites for hydroxylation is 1. The third-order valence-corrected chi connectivity index (χ3v) is 7.66. The van der Waals surface area contributed by atoms with E-state index in [0.29, 0.717) is 0 Å². The fourth-order valence-corrected chi connectivity index (χ4v) is 5.99. The molecular formula is C36H26. The second-order valence-electron chi connectivity index (χ2n) is 9.77. The molecule has 0 aliphatic rings. The van der Waals surface area contributed by atoms with E-state index in [0.717, 1.165) is 6.42 Å². The lowest BCUT2D eigenvalue weighted by molar-refractivity contribution is 1.23. The maximum atomic E-state index is 2.42. The van der Waals surface area contributed by atoms with Crippen molar-refractivity contribution >= 4 is 43.1 Å². The fraction of sp³-hybridized carbons (Fsp3) is 0.0556. The van der Waals surface area contributed by atoms with Gasteiger partial charge in [-0.1, -0.05) is 127 Å². The van der Waals surface area contributed by atoms with Crippen molar-refractivity contribution < 1.29 is 0 Å². The molecule has 36 heavy (non-hydrogen) atoms. The first-order valence-corrected chi connectivity index (χ1v) is 12.7. The minimum absolute atomic E-state index is 0.911. The zero-order chi connectivity index (χ0) is 24.1. The lowest BCUT2D eigenvalue weighted by Crippen LogP contribution is -1.94. The van der Waals surface area contributed by atoms with Gasteiger partial charge in [-0.15, -0.1) is 0 Å². The maximum absolute atomic E-state index is 2.42. The van der Waals surface area contributed by atoms with Gasteiger partial charge in [0, 0.05) is 0 Å². The summed E-state index contributed by atoms with van der Waals surface area (Å²) in [4.78, 5) is 0. The van der Waals surface area contributed by atoms with Crippen molar-refractivity contribution in [3.63, 3.8) is 0 Å². The van der Waals surface area contributed by atoms with Crippen molar-refractivity contribution in [2.24, 2.45) is 0 Å². The van der Waals surface area contributed by atoms with Gasteiger partial charge in [-0.3, -0.25) is 0 Å². The first-order valence-electron chi connectivity index (χ1n) is 12.7. The van der Waals surface area contributed by atoms with Crippen molar-refractivity contribution in [1.29, 1.82) is 0 Å². The second kappa shape index (κ2) is 8.36. The van der Waals surface area contributed by atoms with Crippen molar-refractivity contribution in [3.05, 3.63) is 144 Å². The number of benzene rings is 7. The van der Waals surface area contributed by atoms with Crippen molar-refractivity contribution in [3.8, 4) is 11.1 Å². The van der Waals surface area contributed by atoms with E-state index >= 15 is 0 Å². The number of hydrogen-bond acceptors (Lipinski definition) is 0. The number of hydrogen-bond donors (Lipinski definition) is 0. The molecule has 0 radical (unpaired) electrons. The summed E-state index contributed by atoms with van der Waals surface area (Å²) >= 11 is 0. The Morgan fingerprint density at radius 3 is 1.81 bits per heavy atom. The Labute approximate surface area is 211 Å². The Morgan fingerprint density at radius 2 is 1.03 bits per heavy atom. The van der Waals surface area contributed by atoms with Crippen LogP contribution >= 0.6 is 0 Å². The molecule has 0 spiro atoms. The predicted octanol–water partition coefficient (Wildman–Crippen LogP) is 9.87. The number of fused-ring (bicyclic) bond motifs is 6. The smallest absolute Gasteiger partial charge is 0.00192 e. The fourth-order valence-electron chi connectivity index (χ4n) is 5.99. The van der Waals surface area contributed by atoms with Crippen LogP contribution in [0, 0.1) is 6.92 Å². The van der Waals surface area contributed by atoms with E-state index in [1.807, 2.05) is 0 Å². The third kappa shape index (κ3) is 3.30. The Balaban J connectivity index is 1.45. The molecule has 0 heterocycles. The van der Waals surface area contributed by atoms with E-state index < -0.39 is 0 Å². The zero-order valence-corrected chi connectivity index (χ0v) is 20.3. The molecule has 7 rings (SSSR count). The lowest BCUT2D eigenvalue weighted by Gasteiger charge is -2.17. The second-order valence-corrected chi connectivity index (χ2v) is 9.77. The summed E-state index contributed by atoms with van der Waals surface area (Å²) in [5.74, 6) is 0. The van der Waals surface area contributed by atoms with Crippen LogP contribution in [-0.2, 0) is 6.42 Å². The molecule has 0 heteroatoms. The number of rotatable bonds is 3. The minimum Gasteiger partial charge on any atom is -0.0622 e. The van der Waals surface area contributed by atoms with E-state index in [2.05, 4.69) is 134 Å². The third-order valence-electron chi connectivity index (χ3n) is 7.66. The van der Waals surface area contributed by atoms with Gasteiger partial charge in [-0.2, -0.15) is 0 Å². The van der Waals surface area contributed by atoms with Gasteiger partial charge in [-0.05, 0) is 84.3 Å². The first-order chi connectivity index (χ1) is 17.8. The van der Waals surface area contributed by atoms with Crippen LogP contribution in [0.4, 0.5) is 0 Å². The van der Waals surface area contributed by atoms with Gasteiger partial charge in [-0.25, -0.2) is 0 Å². The maximum Gasteiger partial charge on any atom is -0.00192 e. The Morgan fingerprint density at radius 1 is 0.444 bits per heavy atom. The van der Waals surface area contributed by atoms with Crippen LogP contribution in [0.1, 0.15) is 16.7 Å². The summed E-state index contributed by atoms with van der Waals surface area (Å²) in [7, 11) is 0. The molecule has 0 aliphatic heterocycles. The quantitative estimate of drug-likeness (QED) is 0.231. The summed E-state index contributed by atoms with van der Waals surface area (Å²) in [6.07, 6.45) is 0.911. The summed E-state index contributed by atoms with van der Waals surface area (Å²) in [5.41, 5.74) is 6.69. The van der Waals surface area contributed by atoms with Crippen molar-refractivity contribution in [2.45, 2.75) is 13.3 Å². The molecule has 0 saturated carbocycles. The molecule has 0 fully saturated rings. The lowest BCUT2D eigenvalue weighted by atomic mass is 9.87. The largest absolute Gasteiger partial charge is 0.0622 e. The highest BCUT2D eigenvalue weighted by molar-refractivity contribution is 6.16. The summed E-state index contributed by atoms with van der Waals surface area (Å²) in [5, 5.41) is 10.6. The average molecular weight is 459 g/mol. The van der Waals surface area contributed by atoms with Gasteiger partial charge in [0.25, 0.3) is 0 Å². The molecule has 0 bridgehead atoms. The molecule has 0 amide bonds. The van der Waals surface area contributed by atoms with Gasteiger partial charge in [0.05, 0.1) is 0 Å². The molecule has 0 aromatic heterocycles. The van der Waals surface area contributed by atoms with E-state index in [-0.39, 0.29) is 0 Å². The van der Waals surface area contributed by atoms with Gasteiger partial charge in [0.1, 0.15) is 0 Å². The normalized spacial score (nSPS) is 11.6. The molecule has 0 unspecified atom stereocenters. The van der Waals surface area contributed by atoms with E-state index in [1.54, 1.807) is 0 Å². The van der Waals surface area contributed by atoms with Gasteiger partial charge < -0.3 is 0 Å². The van der Waals surface area contributed by atoms with E-state index in [1.165, 1.54) is 70.9 Å². The highest BCUT2D eigenvalue weighted by Crippen LogP contribution is 2.39. The molecule has 0 saturated heterocycles. The molecule has 170 valence electrons. The Bertz CT molecular complexity index is 1910. The van der Waals surface area contributed by atoms with Crippen LogP contribution in [0.2, 0.25) is 0 Å². The minimum atomic E-state index is 0.911. The summed E-state index contributed by atoms with van der Waals surface area (Å²) in [6, 6.07) is 46.7. The predicted molar refractivity (Wildman–Crippen MR) is 156 cm³/mol. The van der Waals surface area contributed by atoms with Crippen molar-refractivity contribution in [1.82, 2.24) is 0 Å². The zero-order valence-electron chi connectivity index (χ0n) is 20.3. The standard InChI is InChI=1S/C36H26/c1-24-35-22-25(21-28-23-27-13-5-6-14-29(27)31-16-8-7-15-30(28)31)19-20-33(35)32-17-9-10-18-34(32)36(24)26-11-3-2-4-12-26/h2-20,22-23H,21H2,1H3. The molecule has 7 aromatic rings. The Hall–Kier alpha value is -4.42. The first kappa shape index (κ1) is 20.9. The van der Waals surface area contributed by atoms with Crippen LogP contribution in [-0.4, -0.2) is 0 Å². The van der Waals surface area contributed by atoms with Crippen LogP contribution in [0.3, 0.4) is 0 Å². The van der Waals surface area contributed by atoms with E-state index in [9.17, 15) is 0 Å². The topological polar surface area (TPSA) is 0 Å². The average Bonchev–Trinajstić information content (AvgIpc) is 2.94. The molecule has 0 N–H and O–H groups in total. The highest BCUT2D eigenvalue weighted by atomic mass is 14.2. The van der Waals surface area contributed by atoms with Gasteiger partial charge in [0.2, 0.25) is 0 Å². The monoisotopic (exact) mass is 458 g/mol. The van der Waals surface area contributed by atoms with E-state index in [4.69, 9.17) is 0 Å². The van der Waals surface area contributed by atoms with Crippen LogP contribution in [0.5, 0.6) is 0 Å². The summed E-state index contributed by atoms with van der Waals surface area (Å²) in [6.45, 7) is 2.28. The highest BCUT2D eigenvalue weighted by Gasteiger charge is 2.14. The van der Waals surface area contributed by atoms with Gasteiger partial charge >= 0.3 is 0 Å². The molecule has 7 aromatic carbocycles. The molecular weight excluding hydrogens is 432 g/mol. The van der Waals surface area contributed by atoms with Crippen molar-refractivity contribution in [2.75, 3.05) is 0 Å². The van der Waals surface area contributed by atoms with Crippen LogP contribution < -0.4 is 0 Å². The summed E-state index contributed by atoms with van der Waals surface area (Å²) < 4.78 is 0. The SMILES string of the molecule is Cc1c(-c2ccccc2)c2ccccc2c2ccc(Cc3cc4ccccc4c4ccccc34)cc12. The Kier molecular flexibility index (Phi) is 4.85. The van der Waals surface area contributed by atoms with Gasteiger partial charge in [0.15, 0.2) is 0 Å².